The van der Waals surface area contributed by atoms with Gasteiger partial charge in [-0.15, -0.1) is 12.4 Å². The lowest BCUT2D eigenvalue weighted by atomic mass is 10.0. The van der Waals surface area contributed by atoms with Gasteiger partial charge in [-0.3, -0.25) is 0 Å². The first kappa shape index (κ1) is 17.6. The van der Waals surface area contributed by atoms with Crippen molar-refractivity contribution in [2.24, 2.45) is 5.73 Å². The van der Waals surface area contributed by atoms with Crippen LogP contribution in [0.2, 0.25) is 5.02 Å². The third-order valence-corrected chi connectivity index (χ3v) is 4.00. The molecule has 1 atom stereocenters. The van der Waals surface area contributed by atoms with Crippen LogP contribution in [-0.4, -0.2) is 35.4 Å². The molecule has 1 unspecified atom stereocenters. The van der Waals surface area contributed by atoms with Gasteiger partial charge in [-0.2, -0.15) is 0 Å². The van der Waals surface area contributed by atoms with Crippen LogP contribution in [0, 0.1) is 0 Å². The Morgan fingerprint density at radius 2 is 2.09 bits per heavy atom. The van der Waals surface area contributed by atoms with Crippen molar-refractivity contribution in [1.29, 1.82) is 0 Å². The second-order valence-electron chi connectivity index (χ2n) is 5.37. The minimum Gasteiger partial charge on any atom is -0.477 e. The molecule has 0 amide bonds. The first-order valence-corrected chi connectivity index (χ1v) is 7.43. The van der Waals surface area contributed by atoms with Gasteiger partial charge in [0.1, 0.15) is 0 Å². The van der Waals surface area contributed by atoms with Gasteiger partial charge in [-0.05, 0) is 37.1 Å². The average Bonchev–Trinajstić information content (AvgIpc) is 2.93. The number of hydrogen-bond acceptors (Lipinski definition) is 5. The molecule has 0 bridgehead atoms. The monoisotopic (exact) mass is 357 g/mol. The molecule has 1 aliphatic rings. The van der Waals surface area contributed by atoms with E-state index in [2.05, 4.69) is 5.16 Å². The third-order valence-electron chi connectivity index (χ3n) is 3.75. The van der Waals surface area contributed by atoms with Crippen LogP contribution in [0.4, 0.5) is 5.82 Å². The molecule has 124 valence electrons. The van der Waals surface area contributed by atoms with Crippen molar-refractivity contribution < 1.29 is 14.4 Å². The van der Waals surface area contributed by atoms with Crippen LogP contribution in [0.1, 0.15) is 23.2 Å². The number of benzene rings is 1. The summed E-state index contributed by atoms with van der Waals surface area (Å²) < 4.78 is 5.32. The third kappa shape index (κ3) is 3.60. The fourth-order valence-corrected chi connectivity index (χ4v) is 2.82. The lowest BCUT2D eigenvalue weighted by Crippen LogP contribution is -2.43. The van der Waals surface area contributed by atoms with E-state index in [4.69, 9.17) is 21.9 Å². The summed E-state index contributed by atoms with van der Waals surface area (Å²) in [6.07, 6.45) is 1.84. The van der Waals surface area contributed by atoms with Gasteiger partial charge >= 0.3 is 5.97 Å². The number of piperidine rings is 1. The number of rotatable bonds is 3. The van der Waals surface area contributed by atoms with Crippen molar-refractivity contribution in [2.75, 3.05) is 18.0 Å². The number of carboxylic acid groups (broad SMARTS) is 1. The zero-order valence-corrected chi connectivity index (χ0v) is 13.8. The van der Waals surface area contributed by atoms with Crippen LogP contribution in [0.5, 0.6) is 0 Å². The van der Waals surface area contributed by atoms with E-state index in [1.54, 1.807) is 24.3 Å². The standard InChI is InChI=1S/C15H16ClN3O3.ClH/c16-10-5-3-9(4-6-10)13-12(15(20)21)14(18-22-13)19-7-1-2-11(17)8-19;/h3-6,11H,1-2,7-8,17H2,(H,20,21);1H. The minimum atomic E-state index is -1.07. The summed E-state index contributed by atoms with van der Waals surface area (Å²) in [5.41, 5.74) is 6.65. The highest BCUT2D eigenvalue weighted by atomic mass is 35.5. The summed E-state index contributed by atoms with van der Waals surface area (Å²) in [7, 11) is 0. The Bertz CT molecular complexity index is 688. The summed E-state index contributed by atoms with van der Waals surface area (Å²) in [5.74, 6) is -0.494. The van der Waals surface area contributed by atoms with E-state index in [-0.39, 0.29) is 29.8 Å². The first-order chi connectivity index (χ1) is 10.6. The highest BCUT2D eigenvalue weighted by Gasteiger charge is 2.29. The van der Waals surface area contributed by atoms with Crippen LogP contribution in [-0.2, 0) is 0 Å². The normalized spacial score (nSPS) is 17.7. The van der Waals surface area contributed by atoms with E-state index in [0.717, 1.165) is 19.4 Å². The van der Waals surface area contributed by atoms with Crippen molar-refractivity contribution in [3.05, 3.63) is 34.9 Å². The first-order valence-electron chi connectivity index (χ1n) is 7.05. The lowest BCUT2D eigenvalue weighted by Gasteiger charge is -2.30. The number of hydrogen-bond donors (Lipinski definition) is 2. The van der Waals surface area contributed by atoms with E-state index < -0.39 is 5.97 Å². The Labute approximate surface area is 144 Å². The second-order valence-corrected chi connectivity index (χ2v) is 5.81. The molecule has 8 heteroatoms. The molecule has 23 heavy (non-hydrogen) atoms. The molecular formula is C15H17Cl2N3O3. The van der Waals surface area contributed by atoms with Gasteiger partial charge in [0.15, 0.2) is 17.1 Å². The predicted molar refractivity (Wildman–Crippen MR) is 90.6 cm³/mol. The van der Waals surface area contributed by atoms with Crippen molar-refractivity contribution in [3.8, 4) is 11.3 Å². The number of aromatic nitrogens is 1. The lowest BCUT2D eigenvalue weighted by molar-refractivity contribution is 0.0697. The molecule has 1 saturated heterocycles. The number of aromatic carboxylic acids is 1. The topological polar surface area (TPSA) is 92.6 Å². The SMILES string of the molecule is Cl.NC1CCCN(c2noc(-c3ccc(Cl)cc3)c2C(=O)O)C1. The summed E-state index contributed by atoms with van der Waals surface area (Å²) in [6.45, 7) is 1.30. The Morgan fingerprint density at radius 1 is 1.39 bits per heavy atom. The van der Waals surface area contributed by atoms with Gasteiger partial charge in [0.05, 0.1) is 0 Å². The maximum absolute atomic E-state index is 11.7. The molecule has 0 radical (unpaired) electrons. The summed E-state index contributed by atoms with van der Waals surface area (Å²) in [6, 6.07) is 6.80. The van der Waals surface area contributed by atoms with E-state index >= 15 is 0 Å². The fourth-order valence-electron chi connectivity index (χ4n) is 2.69. The highest BCUT2D eigenvalue weighted by molar-refractivity contribution is 6.30. The molecule has 1 fully saturated rings. The van der Waals surface area contributed by atoms with Gasteiger partial charge in [0, 0.05) is 29.7 Å². The Kier molecular flexibility index (Phi) is 5.51. The molecule has 1 aliphatic heterocycles. The zero-order valence-electron chi connectivity index (χ0n) is 12.2. The van der Waals surface area contributed by atoms with Gasteiger partial charge in [-0.1, -0.05) is 16.8 Å². The average molecular weight is 358 g/mol. The minimum absolute atomic E-state index is 0. The van der Waals surface area contributed by atoms with E-state index in [1.165, 1.54) is 0 Å². The number of nitrogens with two attached hydrogens (primary N) is 1. The van der Waals surface area contributed by atoms with E-state index in [0.29, 0.717) is 22.9 Å². The number of carbonyl (C=O) groups is 1. The van der Waals surface area contributed by atoms with Crippen molar-refractivity contribution >= 4 is 35.8 Å². The highest BCUT2D eigenvalue weighted by Crippen LogP contribution is 2.33. The predicted octanol–water partition coefficient (Wildman–Crippen LogP) is 3.04. The Morgan fingerprint density at radius 3 is 2.70 bits per heavy atom. The molecule has 6 nitrogen and oxygen atoms in total. The quantitative estimate of drug-likeness (QED) is 0.876. The largest absolute Gasteiger partial charge is 0.477 e. The Balaban J connectivity index is 0.00000192. The number of nitrogens with zero attached hydrogens (tertiary/aromatic N) is 2. The van der Waals surface area contributed by atoms with E-state index in [9.17, 15) is 9.90 Å². The van der Waals surface area contributed by atoms with Gasteiger partial charge in [0.2, 0.25) is 0 Å². The molecule has 0 spiro atoms. The molecule has 1 aromatic heterocycles. The smallest absolute Gasteiger partial charge is 0.343 e. The summed E-state index contributed by atoms with van der Waals surface area (Å²) >= 11 is 5.86. The molecule has 1 aromatic carbocycles. The second kappa shape index (κ2) is 7.21. The molecule has 0 aliphatic carbocycles. The number of halogens is 2. The van der Waals surface area contributed by atoms with Gasteiger partial charge in [0.25, 0.3) is 0 Å². The summed E-state index contributed by atoms with van der Waals surface area (Å²) in [4.78, 5) is 13.6. The zero-order chi connectivity index (χ0) is 15.7. The molecule has 3 rings (SSSR count). The van der Waals surface area contributed by atoms with Crippen molar-refractivity contribution in [2.45, 2.75) is 18.9 Å². The Hall–Kier alpha value is -1.76. The van der Waals surface area contributed by atoms with Crippen LogP contribution in [0.25, 0.3) is 11.3 Å². The van der Waals surface area contributed by atoms with E-state index in [1.807, 2.05) is 4.90 Å². The molecule has 2 aromatic rings. The van der Waals surface area contributed by atoms with Crippen molar-refractivity contribution in [3.63, 3.8) is 0 Å². The molecular weight excluding hydrogens is 341 g/mol. The summed E-state index contributed by atoms with van der Waals surface area (Å²) in [5, 5.41) is 14.1. The van der Waals surface area contributed by atoms with Gasteiger partial charge in [-0.25, -0.2) is 4.79 Å². The maximum Gasteiger partial charge on any atom is 0.343 e. The molecule has 0 saturated carbocycles. The number of anilines is 1. The van der Waals surface area contributed by atoms with Gasteiger partial charge < -0.3 is 20.3 Å². The van der Waals surface area contributed by atoms with Crippen molar-refractivity contribution in [1.82, 2.24) is 5.16 Å². The maximum atomic E-state index is 11.7. The molecule has 2 heterocycles. The number of carboxylic acids is 1. The van der Waals surface area contributed by atoms with Crippen LogP contribution < -0.4 is 10.6 Å². The molecule has 3 N–H and O–H groups in total. The fraction of sp³-hybridized carbons (Fsp3) is 0.333. The van der Waals surface area contributed by atoms with Crippen LogP contribution in [0.15, 0.2) is 28.8 Å². The van der Waals surface area contributed by atoms with Crippen LogP contribution in [0.3, 0.4) is 0 Å². The van der Waals surface area contributed by atoms with Crippen LogP contribution >= 0.6 is 24.0 Å².